The lowest BCUT2D eigenvalue weighted by Crippen LogP contribution is -2.46. The summed E-state index contributed by atoms with van der Waals surface area (Å²) in [6.07, 6.45) is 3.72. The molecule has 2 N–H and O–H groups in total. The van der Waals surface area contributed by atoms with Crippen LogP contribution in [0.4, 0.5) is 0 Å². The number of carbonyl (C=O) groups is 2. The average Bonchev–Trinajstić information content (AvgIpc) is 2.53. The number of carbonyl (C=O) groups excluding carboxylic acids is 2. The molecule has 0 radical (unpaired) electrons. The Morgan fingerprint density at radius 2 is 2.13 bits per heavy atom. The number of halogens is 2. The van der Waals surface area contributed by atoms with E-state index in [0.717, 1.165) is 32.5 Å². The van der Waals surface area contributed by atoms with Gasteiger partial charge in [-0.15, -0.1) is 24.8 Å². The summed E-state index contributed by atoms with van der Waals surface area (Å²) < 4.78 is 0. The lowest BCUT2D eigenvalue weighted by molar-refractivity contribution is -0.131. The Balaban J connectivity index is 0.00000242. The summed E-state index contributed by atoms with van der Waals surface area (Å²) in [5.41, 5.74) is 0.331. The molecule has 2 amide bonds. The number of amides is 2. The fourth-order valence-corrected chi connectivity index (χ4v) is 2.60. The first-order valence-electron chi connectivity index (χ1n) is 7.32. The van der Waals surface area contributed by atoms with Gasteiger partial charge >= 0.3 is 0 Å². The van der Waals surface area contributed by atoms with Gasteiger partial charge in [-0.1, -0.05) is 6.07 Å². The molecule has 0 aliphatic carbocycles. The third-order valence-corrected chi connectivity index (χ3v) is 3.66. The van der Waals surface area contributed by atoms with Gasteiger partial charge in [-0.2, -0.15) is 0 Å². The van der Waals surface area contributed by atoms with Crippen LogP contribution < -0.4 is 10.6 Å². The molecule has 6 nitrogen and oxygen atoms in total. The van der Waals surface area contributed by atoms with Crippen LogP contribution in [0.5, 0.6) is 0 Å². The number of nitrogens with one attached hydrogen (secondary N) is 2. The van der Waals surface area contributed by atoms with Crippen LogP contribution in [-0.4, -0.2) is 54.9 Å². The second-order valence-electron chi connectivity index (χ2n) is 5.30. The first-order chi connectivity index (χ1) is 10.2. The topological polar surface area (TPSA) is 74.3 Å². The SMILES string of the molecule is CNCC1CCCN(C(=O)CNC(=O)c2ccccn2)C1.Cl.Cl. The second kappa shape index (κ2) is 11.2. The van der Waals surface area contributed by atoms with Gasteiger partial charge in [0.05, 0.1) is 6.54 Å². The van der Waals surface area contributed by atoms with Gasteiger partial charge in [-0.3, -0.25) is 14.6 Å². The second-order valence-corrected chi connectivity index (χ2v) is 5.30. The Morgan fingerprint density at radius 3 is 2.78 bits per heavy atom. The zero-order chi connectivity index (χ0) is 15.1. The maximum atomic E-state index is 12.2. The minimum Gasteiger partial charge on any atom is -0.342 e. The maximum absolute atomic E-state index is 12.2. The molecular weight excluding hydrogens is 339 g/mol. The van der Waals surface area contributed by atoms with Crippen LogP contribution in [0.25, 0.3) is 0 Å². The van der Waals surface area contributed by atoms with Gasteiger partial charge in [0.25, 0.3) is 5.91 Å². The molecule has 0 spiro atoms. The molecule has 1 aliphatic heterocycles. The summed E-state index contributed by atoms with van der Waals surface area (Å²) in [6, 6.07) is 5.12. The molecule has 1 unspecified atom stereocenters. The van der Waals surface area contributed by atoms with Gasteiger partial charge in [0.15, 0.2) is 0 Å². The number of hydrogen-bond acceptors (Lipinski definition) is 4. The monoisotopic (exact) mass is 362 g/mol. The van der Waals surface area contributed by atoms with Crippen LogP contribution in [0, 0.1) is 5.92 Å². The molecule has 1 atom stereocenters. The third kappa shape index (κ3) is 6.72. The molecule has 1 aromatic rings. The molecule has 1 aliphatic rings. The Kier molecular flexibility index (Phi) is 10.5. The van der Waals surface area contributed by atoms with Gasteiger partial charge in [-0.25, -0.2) is 0 Å². The lowest BCUT2D eigenvalue weighted by Gasteiger charge is -2.32. The molecule has 1 saturated heterocycles. The number of pyridine rings is 1. The number of likely N-dealkylation sites (tertiary alicyclic amines) is 1. The van der Waals surface area contributed by atoms with Crippen molar-refractivity contribution >= 4 is 36.6 Å². The van der Waals surface area contributed by atoms with E-state index in [1.807, 2.05) is 11.9 Å². The van der Waals surface area contributed by atoms with Crippen molar-refractivity contribution in [3.63, 3.8) is 0 Å². The highest BCUT2D eigenvalue weighted by molar-refractivity contribution is 5.94. The first kappa shape index (κ1) is 21.6. The van der Waals surface area contributed by atoms with E-state index in [9.17, 15) is 9.59 Å². The number of aromatic nitrogens is 1. The van der Waals surface area contributed by atoms with E-state index < -0.39 is 0 Å². The molecule has 0 aromatic carbocycles. The number of nitrogens with zero attached hydrogens (tertiary/aromatic N) is 2. The van der Waals surface area contributed by atoms with Gasteiger partial charge in [0.2, 0.25) is 5.91 Å². The van der Waals surface area contributed by atoms with E-state index >= 15 is 0 Å². The van der Waals surface area contributed by atoms with Crippen molar-refractivity contribution in [3.05, 3.63) is 30.1 Å². The summed E-state index contributed by atoms with van der Waals surface area (Å²) in [5.74, 6) is 0.159. The molecule has 2 rings (SSSR count). The van der Waals surface area contributed by atoms with E-state index in [1.165, 1.54) is 0 Å². The van der Waals surface area contributed by atoms with Crippen molar-refractivity contribution in [2.75, 3.05) is 33.2 Å². The Hall–Kier alpha value is -1.37. The number of rotatable bonds is 5. The van der Waals surface area contributed by atoms with Crippen molar-refractivity contribution in [3.8, 4) is 0 Å². The smallest absolute Gasteiger partial charge is 0.270 e. The third-order valence-electron chi connectivity index (χ3n) is 3.66. The minimum atomic E-state index is -0.312. The molecule has 8 heteroatoms. The van der Waals surface area contributed by atoms with Crippen molar-refractivity contribution in [2.45, 2.75) is 12.8 Å². The van der Waals surface area contributed by atoms with Crippen LogP contribution >= 0.6 is 24.8 Å². The Morgan fingerprint density at radius 1 is 1.35 bits per heavy atom. The van der Waals surface area contributed by atoms with Crippen LogP contribution in [0.2, 0.25) is 0 Å². The highest BCUT2D eigenvalue weighted by Crippen LogP contribution is 2.15. The summed E-state index contributed by atoms with van der Waals surface area (Å²) in [6.45, 7) is 2.49. The molecule has 23 heavy (non-hydrogen) atoms. The van der Waals surface area contributed by atoms with Gasteiger partial charge in [0.1, 0.15) is 5.69 Å². The summed E-state index contributed by atoms with van der Waals surface area (Å²) in [7, 11) is 1.92. The van der Waals surface area contributed by atoms with E-state index in [1.54, 1.807) is 24.4 Å². The molecule has 0 saturated carbocycles. The fourth-order valence-electron chi connectivity index (χ4n) is 2.60. The highest BCUT2D eigenvalue weighted by atomic mass is 35.5. The lowest BCUT2D eigenvalue weighted by atomic mass is 9.98. The van der Waals surface area contributed by atoms with Crippen LogP contribution in [-0.2, 0) is 4.79 Å². The van der Waals surface area contributed by atoms with Crippen molar-refractivity contribution < 1.29 is 9.59 Å². The fraction of sp³-hybridized carbons (Fsp3) is 0.533. The molecule has 2 heterocycles. The standard InChI is InChI=1S/C15H22N4O2.2ClH/c1-16-9-12-5-4-8-19(11-12)14(20)10-18-15(21)13-6-2-3-7-17-13;;/h2-3,6-7,12,16H,4-5,8-11H2,1H3,(H,18,21);2*1H. The molecule has 1 aromatic heterocycles. The van der Waals surface area contributed by atoms with Gasteiger partial charge < -0.3 is 15.5 Å². The van der Waals surface area contributed by atoms with Crippen molar-refractivity contribution in [1.82, 2.24) is 20.5 Å². The first-order valence-corrected chi connectivity index (χ1v) is 7.32. The largest absolute Gasteiger partial charge is 0.342 e. The molecule has 130 valence electrons. The summed E-state index contributed by atoms with van der Waals surface area (Å²) in [5, 5.41) is 5.79. The summed E-state index contributed by atoms with van der Waals surface area (Å²) >= 11 is 0. The number of hydrogen-bond donors (Lipinski definition) is 2. The quantitative estimate of drug-likeness (QED) is 0.822. The predicted octanol–water partition coefficient (Wildman–Crippen LogP) is 1.11. The van der Waals surface area contributed by atoms with E-state index in [2.05, 4.69) is 15.6 Å². The van der Waals surface area contributed by atoms with Gasteiger partial charge in [-0.05, 0) is 44.5 Å². The zero-order valence-corrected chi connectivity index (χ0v) is 14.8. The maximum Gasteiger partial charge on any atom is 0.270 e. The highest BCUT2D eigenvalue weighted by Gasteiger charge is 2.23. The normalized spacial score (nSPS) is 16.7. The van der Waals surface area contributed by atoms with Gasteiger partial charge in [0, 0.05) is 19.3 Å². The van der Waals surface area contributed by atoms with Crippen LogP contribution in [0.1, 0.15) is 23.3 Å². The number of piperidine rings is 1. The van der Waals surface area contributed by atoms with E-state index in [0.29, 0.717) is 11.6 Å². The molecular formula is C15H24Cl2N4O2. The Labute approximate surface area is 149 Å². The van der Waals surface area contributed by atoms with Crippen molar-refractivity contribution in [1.29, 1.82) is 0 Å². The zero-order valence-electron chi connectivity index (χ0n) is 13.2. The van der Waals surface area contributed by atoms with Crippen LogP contribution in [0.3, 0.4) is 0 Å². The average molecular weight is 363 g/mol. The predicted molar refractivity (Wildman–Crippen MR) is 94.3 cm³/mol. The van der Waals surface area contributed by atoms with Crippen molar-refractivity contribution in [2.24, 2.45) is 5.92 Å². The summed E-state index contributed by atoms with van der Waals surface area (Å²) in [4.78, 5) is 29.8. The Bertz CT molecular complexity index is 486. The van der Waals surface area contributed by atoms with E-state index in [-0.39, 0.29) is 43.2 Å². The molecule has 0 bridgehead atoms. The van der Waals surface area contributed by atoms with E-state index in [4.69, 9.17) is 0 Å². The minimum absolute atomic E-state index is 0. The molecule has 1 fully saturated rings. The van der Waals surface area contributed by atoms with Crippen LogP contribution in [0.15, 0.2) is 24.4 Å².